The van der Waals surface area contributed by atoms with Gasteiger partial charge in [0.15, 0.2) is 0 Å². The van der Waals surface area contributed by atoms with Crippen LogP contribution in [0.4, 0.5) is 4.39 Å². The molecule has 4 N–H and O–H groups in total. The molecule has 0 fully saturated rings. The van der Waals surface area contributed by atoms with Crippen LogP contribution < -0.4 is 5.32 Å². The molecule has 0 aromatic heterocycles. The van der Waals surface area contributed by atoms with E-state index in [0.29, 0.717) is 5.56 Å². The summed E-state index contributed by atoms with van der Waals surface area (Å²) in [5.74, 6) is -0.345. The highest BCUT2D eigenvalue weighted by atomic mass is 19.1. The Bertz CT molecular complexity index is 320. The van der Waals surface area contributed by atoms with E-state index >= 15 is 0 Å². The molecule has 0 spiro atoms. The van der Waals surface area contributed by atoms with Crippen molar-refractivity contribution in [3.8, 4) is 0 Å². The van der Waals surface area contributed by atoms with E-state index in [-0.39, 0.29) is 12.4 Å². The number of nitrogens with one attached hydrogen (secondary N) is 1. The van der Waals surface area contributed by atoms with E-state index < -0.39 is 25.4 Å². The van der Waals surface area contributed by atoms with E-state index in [0.717, 1.165) is 0 Å². The first kappa shape index (κ1) is 13.1. The normalized spacial score (nSPS) is 11.8. The van der Waals surface area contributed by atoms with E-state index in [1.54, 1.807) is 12.1 Å². The molecule has 0 unspecified atom stereocenters. The van der Waals surface area contributed by atoms with Crippen LogP contribution in [-0.4, -0.2) is 40.7 Å². The molecule has 0 aliphatic carbocycles. The minimum Gasteiger partial charge on any atom is -0.394 e. The van der Waals surface area contributed by atoms with Gasteiger partial charge in [0.25, 0.3) is 0 Å². The third-order valence-electron chi connectivity index (χ3n) is 2.46. The smallest absolute Gasteiger partial charge is 0.123 e. The summed E-state index contributed by atoms with van der Waals surface area (Å²) in [6, 6.07) is 5.97. The lowest BCUT2D eigenvalue weighted by Crippen LogP contribution is -2.54. The SMILES string of the molecule is OCC(CO)(CO)NCc1cccc(F)c1. The summed E-state index contributed by atoms with van der Waals surface area (Å²) in [4.78, 5) is 0. The fourth-order valence-electron chi connectivity index (χ4n) is 1.25. The number of hydrogen-bond acceptors (Lipinski definition) is 4. The van der Waals surface area contributed by atoms with Gasteiger partial charge in [-0.1, -0.05) is 12.1 Å². The zero-order valence-electron chi connectivity index (χ0n) is 8.86. The summed E-state index contributed by atoms with van der Waals surface area (Å²) < 4.78 is 12.9. The topological polar surface area (TPSA) is 72.7 Å². The van der Waals surface area contributed by atoms with E-state index in [4.69, 9.17) is 15.3 Å². The van der Waals surface area contributed by atoms with Crippen LogP contribution in [0.3, 0.4) is 0 Å². The molecule has 0 amide bonds. The summed E-state index contributed by atoms with van der Waals surface area (Å²) in [5.41, 5.74) is -0.452. The molecule has 0 heterocycles. The van der Waals surface area contributed by atoms with Gasteiger partial charge >= 0.3 is 0 Å². The molecule has 0 aliphatic rings. The van der Waals surface area contributed by atoms with Crippen LogP contribution in [0.5, 0.6) is 0 Å². The lowest BCUT2D eigenvalue weighted by molar-refractivity contribution is 0.0413. The molecule has 0 saturated carbocycles. The minimum atomic E-state index is -1.13. The minimum absolute atomic E-state index is 0.263. The molecule has 90 valence electrons. The van der Waals surface area contributed by atoms with Crippen molar-refractivity contribution in [1.29, 1.82) is 0 Å². The molecule has 16 heavy (non-hydrogen) atoms. The van der Waals surface area contributed by atoms with Gasteiger partial charge in [0.1, 0.15) is 5.82 Å². The van der Waals surface area contributed by atoms with Crippen LogP contribution in [-0.2, 0) is 6.54 Å². The first-order valence-corrected chi connectivity index (χ1v) is 4.98. The Morgan fingerprint density at radius 3 is 2.25 bits per heavy atom. The van der Waals surface area contributed by atoms with Crippen molar-refractivity contribution in [1.82, 2.24) is 5.32 Å². The van der Waals surface area contributed by atoms with Crippen molar-refractivity contribution in [2.75, 3.05) is 19.8 Å². The largest absolute Gasteiger partial charge is 0.394 e. The van der Waals surface area contributed by atoms with Gasteiger partial charge in [-0.3, -0.25) is 0 Å². The Morgan fingerprint density at radius 1 is 1.12 bits per heavy atom. The maximum absolute atomic E-state index is 12.9. The van der Waals surface area contributed by atoms with Gasteiger partial charge in [-0.25, -0.2) is 4.39 Å². The third kappa shape index (κ3) is 3.24. The lowest BCUT2D eigenvalue weighted by atomic mass is 10.0. The Labute approximate surface area is 93.4 Å². The predicted molar refractivity (Wildman–Crippen MR) is 57.2 cm³/mol. The van der Waals surface area contributed by atoms with Crippen molar-refractivity contribution in [2.45, 2.75) is 12.1 Å². The predicted octanol–water partition coefficient (Wildman–Crippen LogP) is -0.369. The van der Waals surface area contributed by atoms with Crippen molar-refractivity contribution in [3.63, 3.8) is 0 Å². The van der Waals surface area contributed by atoms with Gasteiger partial charge in [-0.15, -0.1) is 0 Å². The van der Waals surface area contributed by atoms with E-state index in [1.807, 2.05) is 0 Å². The van der Waals surface area contributed by atoms with Gasteiger partial charge in [0.05, 0.1) is 25.4 Å². The first-order valence-electron chi connectivity index (χ1n) is 4.98. The van der Waals surface area contributed by atoms with Crippen LogP contribution in [0, 0.1) is 5.82 Å². The van der Waals surface area contributed by atoms with Crippen molar-refractivity contribution >= 4 is 0 Å². The van der Waals surface area contributed by atoms with Crippen molar-refractivity contribution < 1.29 is 19.7 Å². The summed E-state index contributed by atoms with van der Waals surface area (Å²) in [6.45, 7) is -0.917. The van der Waals surface area contributed by atoms with E-state index in [2.05, 4.69) is 5.32 Å². The molecule has 0 atom stereocenters. The monoisotopic (exact) mass is 229 g/mol. The number of hydrogen-bond donors (Lipinski definition) is 4. The first-order chi connectivity index (χ1) is 7.65. The van der Waals surface area contributed by atoms with Gasteiger partial charge in [-0.2, -0.15) is 0 Å². The highest BCUT2D eigenvalue weighted by molar-refractivity contribution is 5.16. The van der Waals surface area contributed by atoms with Crippen LogP contribution in [0.1, 0.15) is 5.56 Å². The maximum atomic E-state index is 12.9. The zero-order chi connectivity index (χ0) is 12.0. The lowest BCUT2D eigenvalue weighted by Gasteiger charge is -2.28. The van der Waals surface area contributed by atoms with Crippen molar-refractivity contribution in [3.05, 3.63) is 35.6 Å². The van der Waals surface area contributed by atoms with Crippen LogP contribution in [0.25, 0.3) is 0 Å². The molecular formula is C11H16FNO3. The zero-order valence-corrected chi connectivity index (χ0v) is 8.86. The average molecular weight is 229 g/mol. The standard InChI is InChI=1S/C11H16FNO3/c12-10-3-1-2-9(4-10)5-13-11(6-14,7-15)8-16/h1-4,13-16H,5-8H2. The summed E-state index contributed by atoms with van der Waals surface area (Å²) in [5, 5.41) is 30.0. The molecule has 4 nitrogen and oxygen atoms in total. The maximum Gasteiger partial charge on any atom is 0.123 e. The molecule has 1 aromatic rings. The Hall–Kier alpha value is -1.01. The summed E-state index contributed by atoms with van der Waals surface area (Å²) in [7, 11) is 0. The van der Waals surface area contributed by atoms with E-state index in [9.17, 15) is 4.39 Å². The molecule has 0 bridgehead atoms. The highest BCUT2D eigenvalue weighted by Crippen LogP contribution is 2.07. The van der Waals surface area contributed by atoms with Gasteiger partial charge in [0.2, 0.25) is 0 Å². The quantitative estimate of drug-likeness (QED) is 0.537. The number of rotatable bonds is 6. The molecule has 1 aromatic carbocycles. The Balaban J connectivity index is 2.62. The molecule has 0 saturated heterocycles. The molecule has 0 radical (unpaired) electrons. The molecule has 1 rings (SSSR count). The Morgan fingerprint density at radius 2 is 1.75 bits per heavy atom. The second-order valence-corrected chi connectivity index (χ2v) is 3.74. The number of halogens is 1. The number of aliphatic hydroxyl groups excluding tert-OH is 3. The summed E-state index contributed by atoms with van der Waals surface area (Å²) >= 11 is 0. The van der Waals surface area contributed by atoms with Gasteiger partial charge < -0.3 is 20.6 Å². The van der Waals surface area contributed by atoms with E-state index in [1.165, 1.54) is 12.1 Å². The summed E-state index contributed by atoms with van der Waals surface area (Å²) in [6.07, 6.45) is 0. The average Bonchev–Trinajstić information content (AvgIpc) is 2.32. The Kier molecular flexibility index (Phi) is 4.82. The van der Waals surface area contributed by atoms with Gasteiger partial charge in [-0.05, 0) is 17.7 Å². The second-order valence-electron chi connectivity index (χ2n) is 3.74. The van der Waals surface area contributed by atoms with Crippen molar-refractivity contribution in [2.24, 2.45) is 0 Å². The van der Waals surface area contributed by atoms with Crippen LogP contribution in [0.15, 0.2) is 24.3 Å². The number of benzene rings is 1. The fourth-order valence-corrected chi connectivity index (χ4v) is 1.25. The molecule has 0 aliphatic heterocycles. The molecular weight excluding hydrogens is 213 g/mol. The molecule has 5 heteroatoms. The highest BCUT2D eigenvalue weighted by Gasteiger charge is 2.26. The van der Waals surface area contributed by atoms with Crippen LogP contribution in [0.2, 0.25) is 0 Å². The second kappa shape index (κ2) is 5.91. The number of aliphatic hydroxyl groups is 3. The fraction of sp³-hybridized carbons (Fsp3) is 0.455. The van der Waals surface area contributed by atoms with Gasteiger partial charge in [0, 0.05) is 6.54 Å². The van der Waals surface area contributed by atoms with Crippen LogP contribution >= 0.6 is 0 Å². The third-order valence-corrected chi connectivity index (χ3v) is 2.46.